The Morgan fingerprint density at radius 1 is 1.19 bits per heavy atom. The molecule has 1 aromatic carbocycles. The number of aliphatic imine (C=N–C) groups is 1. The van der Waals surface area contributed by atoms with Crippen LogP contribution in [0.4, 0.5) is 0 Å². The van der Waals surface area contributed by atoms with Gasteiger partial charge in [0.25, 0.3) is 0 Å². The van der Waals surface area contributed by atoms with E-state index in [0.717, 1.165) is 36.8 Å². The fourth-order valence-electron chi connectivity index (χ4n) is 3.74. The third-order valence-electron chi connectivity index (χ3n) is 5.16. The van der Waals surface area contributed by atoms with Crippen molar-refractivity contribution in [3.63, 3.8) is 0 Å². The van der Waals surface area contributed by atoms with E-state index >= 15 is 0 Å². The third-order valence-corrected chi connectivity index (χ3v) is 5.16. The van der Waals surface area contributed by atoms with Crippen molar-refractivity contribution in [2.75, 3.05) is 26.3 Å². The molecule has 1 aliphatic carbocycles. The van der Waals surface area contributed by atoms with Crippen LogP contribution in [0.1, 0.15) is 57.9 Å². The van der Waals surface area contributed by atoms with Crippen LogP contribution < -0.4 is 15.4 Å². The molecular formula is C21H36IN3O2. The molecular weight excluding hydrogens is 453 g/mol. The zero-order valence-corrected chi connectivity index (χ0v) is 19.1. The van der Waals surface area contributed by atoms with Gasteiger partial charge in [0.1, 0.15) is 5.75 Å². The lowest BCUT2D eigenvalue weighted by molar-refractivity contribution is 0.131. The average molecular weight is 489 g/mol. The smallest absolute Gasteiger partial charge is 0.191 e. The minimum atomic E-state index is 0. The zero-order valence-electron chi connectivity index (χ0n) is 16.8. The second kappa shape index (κ2) is 13.2. The Hall–Kier alpha value is -1.02. The van der Waals surface area contributed by atoms with E-state index < -0.39 is 0 Å². The van der Waals surface area contributed by atoms with Crippen molar-refractivity contribution in [1.29, 1.82) is 0 Å². The summed E-state index contributed by atoms with van der Waals surface area (Å²) < 4.78 is 5.56. The fourth-order valence-corrected chi connectivity index (χ4v) is 3.74. The summed E-state index contributed by atoms with van der Waals surface area (Å²) >= 11 is 0. The summed E-state index contributed by atoms with van der Waals surface area (Å²) in [6, 6.07) is 8.10. The van der Waals surface area contributed by atoms with E-state index in [1.54, 1.807) is 0 Å². The number of aliphatic hydroxyl groups is 1. The summed E-state index contributed by atoms with van der Waals surface area (Å²) in [6.07, 6.45) is 7.10. The summed E-state index contributed by atoms with van der Waals surface area (Å²) in [5.74, 6) is 1.74. The van der Waals surface area contributed by atoms with Crippen LogP contribution in [-0.4, -0.2) is 37.4 Å². The van der Waals surface area contributed by atoms with Crippen molar-refractivity contribution >= 4 is 29.9 Å². The first kappa shape index (κ1) is 24.0. The van der Waals surface area contributed by atoms with Crippen molar-refractivity contribution in [2.24, 2.45) is 10.4 Å². The van der Waals surface area contributed by atoms with E-state index in [4.69, 9.17) is 9.73 Å². The molecule has 1 aliphatic rings. The Labute approximate surface area is 181 Å². The van der Waals surface area contributed by atoms with E-state index in [9.17, 15) is 5.11 Å². The SMILES string of the molecule is CCNC(=NCc1cccc(OCC)c1)NCC1(CCO)CCCCC1.I. The Bertz CT molecular complexity index is 555. The highest BCUT2D eigenvalue weighted by Crippen LogP contribution is 2.38. The van der Waals surface area contributed by atoms with Crippen LogP contribution in [-0.2, 0) is 6.54 Å². The molecule has 0 unspecified atom stereocenters. The molecule has 3 N–H and O–H groups in total. The van der Waals surface area contributed by atoms with Gasteiger partial charge in [0, 0.05) is 19.7 Å². The predicted octanol–water partition coefficient (Wildman–Crippen LogP) is 4.09. The Morgan fingerprint density at radius 3 is 2.63 bits per heavy atom. The monoisotopic (exact) mass is 489 g/mol. The lowest BCUT2D eigenvalue weighted by Crippen LogP contribution is -2.44. The molecule has 0 bridgehead atoms. The molecule has 6 heteroatoms. The molecule has 154 valence electrons. The van der Waals surface area contributed by atoms with Gasteiger partial charge >= 0.3 is 0 Å². The molecule has 1 aromatic rings. The molecule has 0 saturated heterocycles. The summed E-state index contributed by atoms with van der Waals surface area (Å²) in [4.78, 5) is 4.74. The van der Waals surface area contributed by atoms with Crippen molar-refractivity contribution < 1.29 is 9.84 Å². The van der Waals surface area contributed by atoms with Gasteiger partial charge in [0.15, 0.2) is 5.96 Å². The van der Waals surface area contributed by atoms with Crippen molar-refractivity contribution in [1.82, 2.24) is 10.6 Å². The van der Waals surface area contributed by atoms with Crippen LogP contribution in [0.15, 0.2) is 29.3 Å². The van der Waals surface area contributed by atoms with Crippen LogP contribution >= 0.6 is 24.0 Å². The number of guanidine groups is 1. The standard InChI is InChI=1S/C21H35N3O2.HI/c1-3-22-20(23-16-18-9-8-10-19(15-18)26-4-2)24-17-21(13-14-25)11-6-5-7-12-21;/h8-10,15,25H,3-7,11-14,16-17H2,1-2H3,(H2,22,23,24);1H. The second-order valence-corrected chi connectivity index (χ2v) is 7.16. The van der Waals surface area contributed by atoms with E-state index in [1.807, 2.05) is 25.1 Å². The molecule has 0 amide bonds. The minimum Gasteiger partial charge on any atom is -0.494 e. The largest absolute Gasteiger partial charge is 0.494 e. The molecule has 0 radical (unpaired) electrons. The fraction of sp³-hybridized carbons (Fsp3) is 0.667. The second-order valence-electron chi connectivity index (χ2n) is 7.16. The number of halogens is 1. The van der Waals surface area contributed by atoms with E-state index in [-0.39, 0.29) is 36.0 Å². The van der Waals surface area contributed by atoms with Gasteiger partial charge in [-0.15, -0.1) is 24.0 Å². The van der Waals surface area contributed by atoms with Gasteiger partial charge < -0.3 is 20.5 Å². The maximum Gasteiger partial charge on any atom is 0.191 e. The Kier molecular flexibility index (Phi) is 11.7. The van der Waals surface area contributed by atoms with Gasteiger partial charge in [-0.2, -0.15) is 0 Å². The van der Waals surface area contributed by atoms with Gasteiger partial charge in [-0.1, -0.05) is 31.4 Å². The zero-order chi connectivity index (χ0) is 18.7. The maximum atomic E-state index is 9.49. The molecule has 2 rings (SSSR count). The first-order valence-corrected chi connectivity index (χ1v) is 10.1. The van der Waals surface area contributed by atoms with Gasteiger partial charge in [-0.25, -0.2) is 4.99 Å². The van der Waals surface area contributed by atoms with Crippen LogP contribution in [0.2, 0.25) is 0 Å². The van der Waals surface area contributed by atoms with E-state index in [0.29, 0.717) is 13.2 Å². The molecule has 1 saturated carbocycles. The molecule has 1 fully saturated rings. The first-order valence-electron chi connectivity index (χ1n) is 10.1. The van der Waals surface area contributed by atoms with E-state index in [1.165, 1.54) is 32.1 Å². The highest BCUT2D eigenvalue weighted by atomic mass is 127. The van der Waals surface area contributed by atoms with Crippen LogP contribution in [0.5, 0.6) is 5.75 Å². The number of hydrogen-bond donors (Lipinski definition) is 3. The third kappa shape index (κ3) is 8.25. The molecule has 0 heterocycles. The minimum absolute atomic E-state index is 0. The van der Waals surface area contributed by atoms with E-state index in [2.05, 4.69) is 23.6 Å². The highest BCUT2D eigenvalue weighted by molar-refractivity contribution is 14.0. The number of rotatable bonds is 9. The van der Waals surface area contributed by atoms with Gasteiger partial charge in [-0.05, 0) is 56.2 Å². The molecule has 0 aliphatic heterocycles. The van der Waals surface area contributed by atoms with Crippen LogP contribution in [0.3, 0.4) is 0 Å². The maximum absolute atomic E-state index is 9.49. The van der Waals surface area contributed by atoms with Crippen molar-refractivity contribution in [3.05, 3.63) is 29.8 Å². The molecule has 0 atom stereocenters. The Morgan fingerprint density at radius 2 is 1.96 bits per heavy atom. The lowest BCUT2D eigenvalue weighted by atomic mass is 9.72. The van der Waals surface area contributed by atoms with Crippen molar-refractivity contribution in [3.8, 4) is 5.75 Å². The quantitative estimate of drug-likeness (QED) is 0.278. The van der Waals surface area contributed by atoms with Gasteiger partial charge in [0.2, 0.25) is 0 Å². The average Bonchev–Trinajstić information content (AvgIpc) is 2.66. The highest BCUT2D eigenvalue weighted by Gasteiger charge is 2.31. The summed E-state index contributed by atoms with van der Waals surface area (Å²) in [5.41, 5.74) is 1.34. The Balaban J connectivity index is 0.00000364. The topological polar surface area (TPSA) is 65.9 Å². The molecule has 0 spiro atoms. The lowest BCUT2D eigenvalue weighted by Gasteiger charge is -2.37. The number of nitrogens with one attached hydrogen (secondary N) is 2. The number of ether oxygens (including phenoxy) is 1. The predicted molar refractivity (Wildman–Crippen MR) is 123 cm³/mol. The summed E-state index contributed by atoms with van der Waals surface area (Å²) in [7, 11) is 0. The van der Waals surface area contributed by atoms with Gasteiger partial charge in [-0.3, -0.25) is 0 Å². The molecule has 0 aromatic heterocycles. The number of nitrogens with zero attached hydrogens (tertiary/aromatic N) is 1. The van der Waals surface area contributed by atoms with Crippen molar-refractivity contribution in [2.45, 2.75) is 58.9 Å². The number of benzene rings is 1. The molecule has 5 nitrogen and oxygen atoms in total. The van der Waals surface area contributed by atoms with Crippen LogP contribution in [0.25, 0.3) is 0 Å². The van der Waals surface area contributed by atoms with Crippen LogP contribution in [0, 0.1) is 5.41 Å². The summed E-state index contributed by atoms with van der Waals surface area (Å²) in [5, 5.41) is 16.3. The molecule has 27 heavy (non-hydrogen) atoms. The number of hydrogen-bond acceptors (Lipinski definition) is 3. The normalized spacial score (nSPS) is 16.3. The summed E-state index contributed by atoms with van der Waals surface area (Å²) in [6.45, 7) is 7.32. The van der Waals surface area contributed by atoms with Gasteiger partial charge in [0.05, 0.1) is 13.2 Å². The number of aliphatic hydroxyl groups excluding tert-OH is 1. The first-order chi connectivity index (χ1) is 12.7.